The molecular weight excluding hydrogens is 493 g/mol. The van der Waals surface area contributed by atoms with Crippen LogP contribution < -0.4 is 10.9 Å². The monoisotopic (exact) mass is 514 g/mol. The quantitative estimate of drug-likeness (QED) is 0.362. The van der Waals surface area contributed by atoms with E-state index in [1.165, 1.54) is 12.4 Å². The van der Waals surface area contributed by atoms with E-state index >= 15 is 0 Å². The van der Waals surface area contributed by atoms with Gasteiger partial charge in [0.2, 0.25) is 5.71 Å². The summed E-state index contributed by atoms with van der Waals surface area (Å²) in [5, 5.41) is 22.0. The summed E-state index contributed by atoms with van der Waals surface area (Å²) in [6, 6.07) is 9.88. The van der Waals surface area contributed by atoms with E-state index in [9.17, 15) is 33.0 Å². The highest BCUT2D eigenvalue weighted by Crippen LogP contribution is 2.49. The second-order valence-corrected chi connectivity index (χ2v) is 9.46. The molecule has 1 saturated carbocycles. The summed E-state index contributed by atoms with van der Waals surface area (Å²) in [6.45, 7) is 0.124. The first kappa shape index (κ1) is 24.5. The van der Waals surface area contributed by atoms with Crippen LogP contribution in [0.2, 0.25) is 0 Å². The van der Waals surface area contributed by atoms with Crippen molar-refractivity contribution in [1.82, 2.24) is 19.9 Å². The van der Waals surface area contributed by atoms with Crippen molar-refractivity contribution in [3.05, 3.63) is 71.0 Å². The molecule has 0 saturated heterocycles. The van der Waals surface area contributed by atoms with Crippen molar-refractivity contribution in [2.45, 2.75) is 43.6 Å². The number of alkyl halides is 3. The number of hydrogen-bond acceptors (Lipinski definition) is 6. The van der Waals surface area contributed by atoms with Gasteiger partial charge in [-0.05, 0) is 30.2 Å². The van der Waals surface area contributed by atoms with E-state index < -0.39 is 35.5 Å². The molecule has 1 aliphatic rings. The minimum Gasteiger partial charge on any atom is -0.465 e. The summed E-state index contributed by atoms with van der Waals surface area (Å²) in [6.07, 6.45) is -1.72. The normalized spacial score (nSPS) is 21.5. The molecule has 1 fully saturated rings. The molecule has 1 aliphatic carbocycles. The molecule has 0 bridgehead atoms. The number of benzene rings is 1. The lowest BCUT2D eigenvalue weighted by molar-refractivity contribution is -0.141. The molecule has 1 aromatic carbocycles. The van der Waals surface area contributed by atoms with Gasteiger partial charge in [0, 0.05) is 36.4 Å². The van der Waals surface area contributed by atoms with E-state index in [1.807, 2.05) is 0 Å². The molecule has 3 N–H and O–H groups in total. The summed E-state index contributed by atoms with van der Waals surface area (Å²) in [4.78, 5) is 32.4. The Labute approximate surface area is 207 Å². The van der Waals surface area contributed by atoms with E-state index in [0.29, 0.717) is 21.3 Å². The molecule has 0 unspecified atom stereocenters. The van der Waals surface area contributed by atoms with E-state index in [2.05, 4.69) is 15.3 Å². The molecule has 5 rings (SSSR count). The summed E-state index contributed by atoms with van der Waals surface area (Å²) >= 11 is 0. The molecule has 12 heteroatoms. The zero-order valence-corrected chi connectivity index (χ0v) is 19.4. The highest BCUT2D eigenvalue weighted by atomic mass is 19.4. The lowest BCUT2D eigenvalue weighted by atomic mass is 9.62. The van der Waals surface area contributed by atoms with Gasteiger partial charge in [-0.15, -0.1) is 0 Å². The van der Waals surface area contributed by atoms with Gasteiger partial charge in [-0.2, -0.15) is 13.2 Å². The zero-order valence-electron chi connectivity index (χ0n) is 19.4. The molecule has 0 aliphatic heterocycles. The van der Waals surface area contributed by atoms with Crippen LogP contribution in [0.25, 0.3) is 33.6 Å². The van der Waals surface area contributed by atoms with Crippen molar-refractivity contribution < 1.29 is 32.6 Å². The maximum absolute atomic E-state index is 13.1. The number of rotatable bonds is 5. The number of aliphatic hydroxyl groups is 1. The second kappa shape index (κ2) is 8.44. The number of hydrogen-bond donors (Lipinski definition) is 3. The third-order valence-electron chi connectivity index (χ3n) is 6.41. The standard InChI is InChI=1S/C25H21F3N4O5/c1-23(36)10-24(11-23,31-22(34)35)16-4-2-15(3-5-16)19-17(14-6-8-29-9-7-14)18-20(37-19)30-13-32(21(18)33)12-25(26,27)28/h2-9,13,31,36H,10-12H2,1H3,(H,34,35). The van der Waals surface area contributed by atoms with Crippen molar-refractivity contribution in [1.29, 1.82) is 0 Å². The first-order valence-electron chi connectivity index (χ1n) is 11.2. The van der Waals surface area contributed by atoms with Crippen LogP contribution in [0.3, 0.4) is 0 Å². The fourth-order valence-corrected chi connectivity index (χ4v) is 5.09. The number of nitrogens with zero attached hydrogens (tertiary/aromatic N) is 3. The lowest BCUT2D eigenvalue weighted by Crippen LogP contribution is -2.61. The van der Waals surface area contributed by atoms with Crippen LogP contribution in [0.4, 0.5) is 18.0 Å². The van der Waals surface area contributed by atoms with Gasteiger partial charge in [0.05, 0.1) is 11.1 Å². The summed E-state index contributed by atoms with van der Waals surface area (Å²) < 4.78 is 45.5. The smallest absolute Gasteiger partial charge is 0.406 e. The van der Waals surface area contributed by atoms with Gasteiger partial charge in [0.25, 0.3) is 5.56 Å². The van der Waals surface area contributed by atoms with Crippen molar-refractivity contribution in [2.75, 3.05) is 0 Å². The highest BCUT2D eigenvalue weighted by Gasteiger charge is 2.53. The predicted molar refractivity (Wildman–Crippen MR) is 126 cm³/mol. The molecule has 0 atom stereocenters. The zero-order chi connectivity index (χ0) is 26.6. The van der Waals surface area contributed by atoms with Gasteiger partial charge in [-0.1, -0.05) is 24.3 Å². The van der Waals surface area contributed by atoms with Gasteiger partial charge >= 0.3 is 12.3 Å². The molecule has 192 valence electrons. The topological polar surface area (TPSA) is 130 Å². The van der Waals surface area contributed by atoms with Crippen LogP contribution in [0.15, 0.2) is 64.3 Å². The Morgan fingerprint density at radius 1 is 1.14 bits per heavy atom. The average Bonchev–Trinajstić information content (AvgIpc) is 3.19. The average molecular weight is 514 g/mol. The highest BCUT2D eigenvalue weighted by molar-refractivity contribution is 5.99. The van der Waals surface area contributed by atoms with Gasteiger partial charge in [0.1, 0.15) is 24.0 Å². The van der Waals surface area contributed by atoms with Crippen LogP contribution in [0, 0.1) is 0 Å². The predicted octanol–water partition coefficient (Wildman–Crippen LogP) is 4.29. The number of halogens is 3. The Morgan fingerprint density at radius 2 is 1.78 bits per heavy atom. The van der Waals surface area contributed by atoms with Gasteiger partial charge in [-0.25, -0.2) is 9.78 Å². The molecule has 1 amide bonds. The van der Waals surface area contributed by atoms with Crippen LogP contribution >= 0.6 is 0 Å². The number of pyridine rings is 1. The first-order valence-corrected chi connectivity index (χ1v) is 11.2. The van der Waals surface area contributed by atoms with Crippen molar-refractivity contribution in [3.63, 3.8) is 0 Å². The van der Waals surface area contributed by atoms with Gasteiger partial charge in [-0.3, -0.25) is 14.3 Å². The molecule has 0 spiro atoms. The van der Waals surface area contributed by atoms with Gasteiger partial charge < -0.3 is 19.9 Å². The third kappa shape index (κ3) is 4.55. The van der Waals surface area contributed by atoms with Crippen LogP contribution in [0.1, 0.15) is 25.3 Å². The molecular formula is C25H21F3N4O5. The Kier molecular flexibility index (Phi) is 5.59. The number of carbonyl (C=O) groups is 1. The minimum absolute atomic E-state index is 0.101. The summed E-state index contributed by atoms with van der Waals surface area (Å²) in [7, 11) is 0. The number of furan rings is 1. The number of aromatic nitrogens is 3. The SMILES string of the molecule is CC1(O)CC(NC(=O)O)(c2ccc(-c3oc4ncn(CC(F)(F)F)c(=O)c4c3-c3ccncc3)cc2)C1. The van der Waals surface area contributed by atoms with E-state index in [1.54, 1.807) is 43.3 Å². The number of amides is 1. The van der Waals surface area contributed by atoms with Crippen LogP contribution in [0.5, 0.6) is 0 Å². The molecule has 37 heavy (non-hydrogen) atoms. The van der Waals surface area contributed by atoms with Crippen molar-refractivity contribution in [3.8, 4) is 22.5 Å². The fraction of sp³-hybridized carbons (Fsp3) is 0.280. The Balaban J connectivity index is 1.64. The molecule has 4 aromatic rings. The number of carboxylic acid groups (broad SMARTS) is 1. The lowest BCUT2D eigenvalue weighted by Gasteiger charge is -2.51. The Hall–Kier alpha value is -4.19. The van der Waals surface area contributed by atoms with E-state index in [0.717, 1.165) is 6.33 Å². The summed E-state index contributed by atoms with van der Waals surface area (Å²) in [5.74, 6) is 0.211. The summed E-state index contributed by atoms with van der Waals surface area (Å²) in [5.41, 5.74) is -1.13. The third-order valence-corrected chi connectivity index (χ3v) is 6.41. The van der Waals surface area contributed by atoms with Crippen LogP contribution in [-0.2, 0) is 12.1 Å². The molecule has 9 nitrogen and oxygen atoms in total. The van der Waals surface area contributed by atoms with E-state index in [4.69, 9.17) is 4.42 Å². The minimum atomic E-state index is -4.62. The largest absolute Gasteiger partial charge is 0.465 e. The second-order valence-electron chi connectivity index (χ2n) is 9.46. The maximum atomic E-state index is 13.1. The molecule has 0 radical (unpaired) electrons. The number of nitrogens with one attached hydrogen (secondary N) is 1. The Morgan fingerprint density at radius 3 is 2.35 bits per heavy atom. The first-order chi connectivity index (χ1) is 17.4. The Bertz CT molecular complexity index is 1540. The van der Waals surface area contributed by atoms with Crippen LogP contribution in [-0.4, -0.2) is 42.6 Å². The number of fused-ring (bicyclic) bond motifs is 1. The van der Waals surface area contributed by atoms with Crippen molar-refractivity contribution in [2.24, 2.45) is 0 Å². The van der Waals surface area contributed by atoms with Crippen molar-refractivity contribution >= 4 is 17.2 Å². The fourth-order valence-electron chi connectivity index (χ4n) is 5.09. The van der Waals surface area contributed by atoms with Gasteiger partial charge in [0.15, 0.2) is 0 Å². The molecule has 3 heterocycles. The van der Waals surface area contributed by atoms with E-state index in [-0.39, 0.29) is 35.3 Å². The maximum Gasteiger partial charge on any atom is 0.406 e. The molecule has 3 aromatic heterocycles.